The highest BCUT2D eigenvalue weighted by molar-refractivity contribution is 5.79. The lowest BCUT2D eigenvalue weighted by molar-refractivity contribution is 0.0931. The van der Waals surface area contributed by atoms with E-state index in [1.807, 2.05) is 18.2 Å². The van der Waals surface area contributed by atoms with Gasteiger partial charge in [0.25, 0.3) is 0 Å². The molecule has 0 radical (unpaired) electrons. The predicted molar refractivity (Wildman–Crippen MR) is 107 cm³/mol. The minimum absolute atomic E-state index is 0.378. The maximum absolute atomic E-state index is 5.83. The van der Waals surface area contributed by atoms with E-state index in [0.717, 1.165) is 45.2 Å². The van der Waals surface area contributed by atoms with Gasteiger partial charge in [0.2, 0.25) is 0 Å². The Balaban J connectivity index is 1.68. The fraction of sp³-hybridized carbons (Fsp3) is 0.667. The van der Waals surface area contributed by atoms with E-state index in [2.05, 4.69) is 36.6 Å². The molecule has 1 saturated carbocycles. The lowest BCUT2D eigenvalue weighted by Crippen LogP contribution is -2.40. The minimum atomic E-state index is 0.378. The molecule has 1 fully saturated rings. The number of rotatable bonds is 12. The van der Waals surface area contributed by atoms with Gasteiger partial charge in [-0.15, -0.1) is 0 Å². The molecule has 2 rings (SSSR count). The van der Waals surface area contributed by atoms with Crippen LogP contribution in [0, 0.1) is 11.3 Å². The van der Waals surface area contributed by atoms with Crippen LogP contribution in [-0.2, 0) is 16.1 Å². The second kappa shape index (κ2) is 11.2. The number of nitrogens with zero attached hydrogens (tertiary/aromatic N) is 1. The fourth-order valence-electron chi connectivity index (χ4n) is 2.85. The molecule has 1 aromatic carbocycles. The molecule has 0 heterocycles. The summed E-state index contributed by atoms with van der Waals surface area (Å²) in [5.41, 5.74) is 1.59. The molecule has 1 aliphatic carbocycles. The summed E-state index contributed by atoms with van der Waals surface area (Å²) in [6, 6.07) is 10.3. The summed E-state index contributed by atoms with van der Waals surface area (Å²) < 4.78 is 11.1. The highest BCUT2D eigenvalue weighted by Crippen LogP contribution is 2.48. The van der Waals surface area contributed by atoms with Crippen molar-refractivity contribution in [1.29, 1.82) is 0 Å². The third-order valence-electron chi connectivity index (χ3n) is 4.84. The van der Waals surface area contributed by atoms with Gasteiger partial charge in [-0.3, -0.25) is 4.99 Å². The fourth-order valence-corrected chi connectivity index (χ4v) is 2.85. The molecular formula is C21H35N3O2. The van der Waals surface area contributed by atoms with Crippen LogP contribution in [0.4, 0.5) is 0 Å². The number of aliphatic imine (C=N–C) groups is 1. The van der Waals surface area contributed by atoms with Gasteiger partial charge in [-0.25, -0.2) is 0 Å². The number of nitrogens with one attached hydrogen (secondary N) is 2. The van der Waals surface area contributed by atoms with Gasteiger partial charge in [0.05, 0.1) is 13.2 Å². The van der Waals surface area contributed by atoms with Crippen molar-refractivity contribution in [2.24, 2.45) is 16.3 Å². The number of guanidine groups is 1. The molecular weight excluding hydrogens is 326 g/mol. The van der Waals surface area contributed by atoms with E-state index in [-0.39, 0.29) is 0 Å². The zero-order valence-corrected chi connectivity index (χ0v) is 16.6. The Morgan fingerprint density at radius 2 is 2.00 bits per heavy atom. The maximum atomic E-state index is 5.83. The van der Waals surface area contributed by atoms with Crippen molar-refractivity contribution in [3.8, 4) is 0 Å². The van der Waals surface area contributed by atoms with Gasteiger partial charge in [0.15, 0.2) is 5.96 Å². The van der Waals surface area contributed by atoms with E-state index in [0.29, 0.717) is 17.9 Å². The van der Waals surface area contributed by atoms with Crippen LogP contribution in [-0.4, -0.2) is 45.9 Å². The third-order valence-corrected chi connectivity index (χ3v) is 4.84. The van der Waals surface area contributed by atoms with Crippen LogP contribution < -0.4 is 10.6 Å². The van der Waals surface area contributed by atoms with Crippen molar-refractivity contribution >= 4 is 5.96 Å². The first kappa shape index (κ1) is 20.7. The molecule has 1 aromatic rings. The van der Waals surface area contributed by atoms with E-state index in [1.165, 1.54) is 18.4 Å². The first-order valence-electron chi connectivity index (χ1n) is 9.80. The van der Waals surface area contributed by atoms with Gasteiger partial charge in [-0.1, -0.05) is 37.3 Å². The predicted octanol–water partition coefficient (Wildman–Crippen LogP) is 3.21. The van der Waals surface area contributed by atoms with Gasteiger partial charge >= 0.3 is 0 Å². The van der Waals surface area contributed by atoms with Crippen LogP contribution in [0.2, 0.25) is 0 Å². The Hall–Kier alpha value is -1.59. The van der Waals surface area contributed by atoms with Crippen molar-refractivity contribution < 1.29 is 9.47 Å². The molecule has 0 spiro atoms. The molecule has 2 N–H and O–H groups in total. The second-order valence-corrected chi connectivity index (χ2v) is 7.42. The number of benzene rings is 1. The summed E-state index contributed by atoms with van der Waals surface area (Å²) in [5.74, 6) is 1.33. The van der Waals surface area contributed by atoms with E-state index in [9.17, 15) is 0 Å². The standard InChI is InChI=1S/C21H35N3O2/c1-4-22-20(24-17-21(10-11-21)12-13-25-3)23-14-18(2)15-26-16-19-8-6-5-7-9-19/h5-9,18H,4,10-17H2,1-3H3,(H2,22,23,24). The molecule has 5 heteroatoms. The Kier molecular flexibility index (Phi) is 8.92. The van der Waals surface area contributed by atoms with Crippen LogP contribution in [0.15, 0.2) is 35.3 Å². The van der Waals surface area contributed by atoms with Crippen molar-refractivity contribution in [3.05, 3.63) is 35.9 Å². The summed E-state index contributed by atoms with van der Waals surface area (Å²) >= 11 is 0. The van der Waals surface area contributed by atoms with E-state index < -0.39 is 0 Å². The van der Waals surface area contributed by atoms with Crippen LogP contribution in [0.5, 0.6) is 0 Å². The molecule has 0 aromatic heterocycles. The summed E-state index contributed by atoms with van der Waals surface area (Å²) in [6.07, 6.45) is 3.64. The molecule has 1 unspecified atom stereocenters. The monoisotopic (exact) mass is 361 g/mol. The lowest BCUT2D eigenvalue weighted by Gasteiger charge is -2.18. The number of hydrogen-bond acceptors (Lipinski definition) is 3. The SMILES string of the molecule is CCNC(=NCC1(CCOC)CC1)NCC(C)COCc1ccccc1. The average Bonchev–Trinajstić information content (AvgIpc) is 3.43. The van der Waals surface area contributed by atoms with Gasteiger partial charge < -0.3 is 20.1 Å². The zero-order valence-electron chi connectivity index (χ0n) is 16.6. The van der Waals surface area contributed by atoms with E-state index in [1.54, 1.807) is 7.11 Å². The molecule has 5 nitrogen and oxygen atoms in total. The van der Waals surface area contributed by atoms with Crippen molar-refractivity contribution in [1.82, 2.24) is 10.6 Å². The molecule has 1 atom stereocenters. The highest BCUT2D eigenvalue weighted by Gasteiger charge is 2.41. The quantitative estimate of drug-likeness (QED) is 0.443. The average molecular weight is 362 g/mol. The zero-order chi connectivity index (χ0) is 18.7. The summed E-state index contributed by atoms with van der Waals surface area (Å²) in [7, 11) is 1.77. The molecule has 0 aliphatic heterocycles. The van der Waals surface area contributed by atoms with Crippen molar-refractivity contribution in [3.63, 3.8) is 0 Å². The molecule has 1 aliphatic rings. The number of hydrogen-bond donors (Lipinski definition) is 2. The largest absolute Gasteiger partial charge is 0.385 e. The molecule has 146 valence electrons. The van der Waals surface area contributed by atoms with Gasteiger partial charge in [-0.2, -0.15) is 0 Å². The highest BCUT2D eigenvalue weighted by atomic mass is 16.5. The minimum Gasteiger partial charge on any atom is -0.385 e. The smallest absolute Gasteiger partial charge is 0.191 e. The molecule has 0 amide bonds. The first-order chi connectivity index (χ1) is 12.7. The number of methoxy groups -OCH3 is 1. The van der Waals surface area contributed by atoms with Crippen molar-refractivity contribution in [2.45, 2.75) is 39.7 Å². The summed E-state index contributed by atoms with van der Waals surface area (Å²) in [4.78, 5) is 4.80. The Labute approximate surface area is 158 Å². The Bertz CT molecular complexity index is 529. The normalized spacial score (nSPS) is 17.0. The van der Waals surface area contributed by atoms with Gasteiger partial charge in [-0.05, 0) is 43.1 Å². The van der Waals surface area contributed by atoms with E-state index >= 15 is 0 Å². The Morgan fingerprint density at radius 3 is 2.65 bits per heavy atom. The van der Waals surface area contributed by atoms with E-state index in [4.69, 9.17) is 14.5 Å². The van der Waals surface area contributed by atoms with Crippen LogP contribution >= 0.6 is 0 Å². The van der Waals surface area contributed by atoms with Gasteiger partial charge in [0, 0.05) is 33.4 Å². The molecule has 0 saturated heterocycles. The maximum Gasteiger partial charge on any atom is 0.191 e. The van der Waals surface area contributed by atoms with Crippen molar-refractivity contribution in [2.75, 3.05) is 40.0 Å². The summed E-state index contributed by atoms with van der Waals surface area (Å²) in [6.45, 7) is 9.13. The van der Waals surface area contributed by atoms with Crippen LogP contribution in [0.3, 0.4) is 0 Å². The summed E-state index contributed by atoms with van der Waals surface area (Å²) in [5, 5.41) is 6.80. The van der Waals surface area contributed by atoms with Crippen LogP contribution in [0.1, 0.15) is 38.7 Å². The topological polar surface area (TPSA) is 54.9 Å². The second-order valence-electron chi connectivity index (χ2n) is 7.42. The molecule has 26 heavy (non-hydrogen) atoms. The molecule has 0 bridgehead atoms. The lowest BCUT2D eigenvalue weighted by atomic mass is 10.0. The van der Waals surface area contributed by atoms with Crippen LogP contribution in [0.25, 0.3) is 0 Å². The number of ether oxygens (including phenoxy) is 2. The van der Waals surface area contributed by atoms with Gasteiger partial charge in [0.1, 0.15) is 0 Å². The first-order valence-corrected chi connectivity index (χ1v) is 9.80. The third kappa shape index (κ3) is 7.75. The Morgan fingerprint density at radius 1 is 1.23 bits per heavy atom.